The standard InChI is InChI=1S/C14H14N4/c1-2-4-11-9(3-1)10(7-16-11)13-14-12(5-6-15-13)17-8-18-14/h1-4,7-8,13,15-16H,5-6H2,(H,17,18)/t13-/m0/s1. The van der Waals surface area contributed by atoms with Crippen molar-refractivity contribution in [2.75, 3.05) is 6.54 Å². The molecule has 0 bridgehead atoms. The van der Waals surface area contributed by atoms with Crippen molar-refractivity contribution in [3.05, 3.63) is 53.7 Å². The lowest BCUT2D eigenvalue weighted by Crippen LogP contribution is -2.30. The zero-order valence-corrected chi connectivity index (χ0v) is 9.90. The van der Waals surface area contributed by atoms with Crippen molar-refractivity contribution in [3.63, 3.8) is 0 Å². The Bertz CT molecular complexity index is 694. The number of hydrogen-bond acceptors (Lipinski definition) is 2. The highest BCUT2D eigenvalue weighted by atomic mass is 15.0. The average Bonchev–Trinajstić information content (AvgIpc) is 3.05. The van der Waals surface area contributed by atoms with Crippen LogP contribution in [0.1, 0.15) is 23.0 Å². The first-order chi connectivity index (χ1) is 8.93. The molecule has 0 radical (unpaired) electrons. The number of fused-ring (bicyclic) bond motifs is 2. The van der Waals surface area contributed by atoms with E-state index in [1.54, 1.807) is 6.33 Å². The maximum absolute atomic E-state index is 4.47. The molecule has 0 saturated heterocycles. The molecule has 4 nitrogen and oxygen atoms in total. The van der Waals surface area contributed by atoms with E-state index in [0.29, 0.717) is 0 Å². The van der Waals surface area contributed by atoms with Crippen LogP contribution in [0.25, 0.3) is 10.9 Å². The van der Waals surface area contributed by atoms with E-state index in [0.717, 1.165) is 18.7 Å². The van der Waals surface area contributed by atoms with Crippen molar-refractivity contribution < 1.29 is 0 Å². The molecule has 3 heterocycles. The molecule has 1 aliphatic rings. The second-order valence-electron chi connectivity index (χ2n) is 4.69. The molecule has 0 spiro atoms. The number of para-hydroxylation sites is 1. The van der Waals surface area contributed by atoms with Crippen LogP contribution in [0.5, 0.6) is 0 Å². The van der Waals surface area contributed by atoms with Crippen LogP contribution in [0.4, 0.5) is 0 Å². The number of imidazole rings is 1. The minimum atomic E-state index is 0.191. The Morgan fingerprint density at radius 3 is 3.11 bits per heavy atom. The topological polar surface area (TPSA) is 56.5 Å². The lowest BCUT2D eigenvalue weighted by Gasteiger charge is -2.22. The molecule has 0 unspecified atom stereocenters. The Labute approximate surface area is 104 Å². The van der Waals surface area contributed by atoms with Crippen LogP contribution in [-0.2, 0) is 6.42 Å². The smallest absolute Gasteiger partial charge is 0.0926 e. The van der Waals surface area contributed by atoms with Crippen molar-refractivity contribution >= 4 is 10.9 Å². The van der Waals surface area contributed by atoms with Crippen molar-refractivity contribution in [1.29, 1.82) is 0 Å². The molecule has 18 heavy (non-hydrogen) atoms. The third-order valence-corrected chi connectivity index (χ3v) is 3.68. The fourth-order valence-electron chi connectivity index (χ4n) is 2.81. The summed E-state index contributed by atoms with van der Waals surface area (Å²) in [4.78, 5) is 11.0. The first-order valence-electron chi connectivity index (χ1n) is 6.25. The highest BCUT2D eigenvalue weighted by Crippen LogP contribution is 2.31. The molecular weight excluding hydrogens is 224 g/mol. The van der Waals surface area contributed by atoms with Gasteiger partial charge >= 0.3 is 0 Å². The molecule has 0 saturated carbocycles. The minimum Gasteiger partial charge on any atom is -0.361 e. The van der Waals surface area contributed by atoms with E-state index >= 15 is 0 Å². The van der Waals surface area contributed by atoms with Gasteiger partial charge in [0.2, 0.25) is 0 Å². The van der Waals surface area contributed by atoms with Crippen LogP contribution >= 0.6 is 0 Å². The van der Waals surface area contributed by atoms with Crippen LogP contribution in [0, 0.1) is 0 Å². The van der Waals surface area contributed by atoms with Crippen LogP contribution in [0.3, 0.4) is 0 Å². The Hall–Kier alpha value is -2.07. The Morgan fingerprint density at radius 2 is 2.11 bits per heavy atom. The monoisotopic (exact) mass is 238 g/mol. The van der Waals surface area contributed by atoms with Gasteiger partial charge in [-0.15, -0.1) is 0 Å². The average molecular weight is 238 g/mol. The molecule has 0 amide bonds. The molecule has 3 N–H and O–H groups in total. The second kappa shape index (κ2) is 3.71. The summed E-state index contributed by atoms with van der Waals surface area (Å²) in [5.41, 5.74) is 4.84. The zero-order chi connectivity index (χ0) is 11.9. The predicted octanol–water partition coefficient (Wildman–Crippen LogP) is 2.13. The Kier molecular flexibility index (Phi) is 2.04. The van der Waals surface area contributed by atoms with E-state index in [-0.39, 0.29) is 6.04 Å². The van der Waals surface area contributed by atoms with Gasteiger partial charge in [-0.3, -0.25) is 0 Å². The predicted molar refractivity (Wildman–Crippen MR) is 70.4 cm³/mol. The van der Waals surface area contributed by atoms with E-state index in [2.05, 4.69) is 50.7 Å². The lowest BCUT2D eigenvalue weighted by molar-refractivity contribution is 0.556. The summed E-state index contributed by atoms with van der Waals surface area (Å²) in [5, 5.41) is 4.82. The quantitative estimate of drug-likeness (QED) is 0.608. The minimum absolute atomic E-state index is 0.191. The Morgan fingerprint density at radius 1 is 1.17 bits per heavy atom. The van der Waals surface area contributed by atoms with Gasteiger partial charge in [-0.2, -0.15) is 0 Å². The summed E-state index contributed by atoms with van der Waals surface area (Å²) in [5.74, 6) is 0. The second-order valence-corrected chi connectivity index (χ2v) is 4.69. The number of benzene rings is 1. The Balaban J connectivity index is 1.90. The van der Waals surface area contributed by atoms with Crippen molar-refractivity contribution in [2.24, 2.45) is 0 Å². The summed E-state index contributed by atoms with van der Waals surface area (Å²) in [6.07, 6.45) is 4.90. The van der Waals surface area contributed by atoms with Crippen LogP contribution < -0.4 is 5.32 Å². The van der Waals surface area contributed by atoms with E-state index in [4.69, 9.17) is 0 Å². The molecule has 0 aliphatic carbocycles. The SMILES string of the molecule is c1ccc2c([C@@H]3NCCc4[nH]cnc43)c[nH]c2c1. The summed E-state index contributed by atoms with van der Waals surface area (Å²) in [7, 11) is 0. The van der Waals surface area contributed by atoms with Gasteiger partial charge < -0.3 is 15.3 Å². The first kappa shape index (κ1) is 9.91. The van der Waals surface area contributed by atoms with Gasteiger partial charge in [0, 0.05) is 41.3 Å². The molecule has 0 fully saturated rings. The van der Waals surface area contributed by atoms with E-state index in [1.165, 1.54) is 22.2 Å². The maximum atomic E-state index is 4.47. The van der Waals surface area contributed by atoms with Gasteiger partial charge in [0.25, 0.3) is 0 Å². The molecular formula is C14H14N4. The third kappa shape index (κ3) is 1.32. The number of aromatic nitrogens is 3. The van der Waals surface area contributed by atoms with E-state index in [1.807, 2.05) is 0 Å². The van der Waals surface area contributed by atoms with Gasteiger partial charge in [-0.25, -0.2) is 4.98 Å². The zero-order valence-electron chi connectivity index (χ0n) is 9.90. The lowest BCUT2D eigenvalue weighted by atomic mass is 9.97. The highest BCUT2D eigenvalue weighted by Gasteiger charge is 2.25. The molecule has 90 valence electrons. The number of hydrogen-bond donors (Lipinski definition) is 3. The maximum Gasteiger partial charge on any atom is 0.0926 e. The van der Waals surface area contributed by atoms with Gasteiger partial charge in [-0.05, 0) is 6.07 Å². The highest BCUT2D eigenvalue weighted by molar-refractivity contribution is 5.84. The molecule has 1 atom stereocenters. The fraction of sp³-hybridized carbons (Fsp3) is 0.214. The van der Waals surface area contributed by atoms with Crippen LogP contribution in [0.15, 0.2) is 36.8 Å². The van der Waals surface area contributed by atoms with Crippen molar-refractivity contribution in [2.45, 2.75) is 12.5 Å². The molecule has 1 aliphatic heterocycles. The van der Waals surface area contributed by atoms with Crippen molar-refractivity contribution in [3.8, 4) is 0 Å². The number of rotatable bonds is 1. The summed E-state index contributed by atoms with van der Waals surface area (Å²) >= 11 is 0. The van der Waals surface area contributed by atoms with Gasteiger partial charge in [-0.1, -0.05) is 18.2 Å². The number of aromatic amines is 2. The largest absolute Gasteiger partial charge is 0.361 e. The molecule has 4 rings (SSSR count). The number of nitrogens with zero attached hydrogens (tertiary/aromatic N) is 1. The fourth-order valence-corrected chi connectivity index (χ4v) is 2.81. The summed E-state index contributed by atoms with van der Waals surface area (Å²) < 4.78 is 0. The number of nitrogens with one attached hydrogen (secondary N) is 3. The first-order valence-corrected chi connectivity index (χ1v) is 6.25. The van der Waals surface area contributed by atoms with Gasteiger partial charge in [0.15, 0.2) is 0 Å². The number of H-pyrrole nitrogens is 2. The van der Waals surface area contributed by atoms with E-state index < -0.39 is 0 Å². The molecule has 2 aromatic heterocycles. The third-order valence-electron chi connectivity index (χ3n) is 3.68. The van der Waals surface area contributed by atoms with Crippen molar-refractivity contribution in [1.82, 2.24) is 20.3 Å². The molecule has 4 heteroatoms. The molecule has 1 aromatic carbocycles. The van der Waals surface area contributed by atoms with E-state index in [9.17, 15) is 0 Å². The normalized spacial score (nSPS) is 19.0. The van der Waals surface area contributed by atoms with Gasteiger partial charge in [0.1, 0.15) is 0 Å². The van der Waals surface area contributed by atoms with Crippen LogP contribution in [0.2, 0.25) is 0 Å². The summed E-state index contributed by atoms with van der Waals surface area (Å²) in [6, 6.07) is 8.58. The summed E-state index contributed by atoms with van der Waals surface area (Å²) in [6.45, 7) is 0.985. The molecule has 3 aromatic rings. The van der Waals surface area contributed by atoms with Crippen LogP contribution in [-0.4, -0.2) is 21.5 Å². The van der Waals surface area contributed by atoms with Gasteiger partial charge in [0.05, 0.1) is 18.1 Å².